The highest BCUT2D eigenvalue weighted by Crippen LogP contribution is 2.19. The van der Waals surface area contributed by atoms with Gasteiger partial charge in [0, 0.05) is 17.1 Å². The van der Waals surface area contributed by atoms with E-state index in [0.717, 1.165) is 28.4 Å². The van der Waals surface area contributed by atoms with Gasteiger partial charge in [0.25, 0.3) is 0 Å². The summed E-state index contributed by atoms with van der Waals surface area (Å²) in [5, 5.41) is 3.87. The van der Waals surface area contributed by atoms with Crippen molar-refractivity contribution in [3.63, 3.8) is 0 Å². The van der Waals surface area contributed by atoms with Crippen molar-refractivity contribution >= 4 is 24.0 Å². The van der Waals surface area contributed by atoms with E-state index in [9.17, 15) is 0 Å². The molecule has 2 aromatic carbocycles. The van der Waals surface area contributed by atoms with Crippen LogP contribution in [0.5, 0.6) is 5.75 Å². The molecule has 0 bridgehead atoms. The number of hydrogen-bond acceptors (Lipinski definition) is 2. The summed E-state index contributed by atoms with van der Waals surface area (Å²) in [5.41, 5.74) is 2.11. The van der Waals surface area contributed by atoms with Gasteiger partial charge >= 0.3 is 0 Å². The molecule has 21 heavy (non-hydrogen) atoms. The van der Waals surface area contributed by atoms with Gasteiger partial charge in [0.1, 0.15) is 12.4 Å². The van der Waals surface area contributed by atoms with E-state index in [4.69, 9.17) is 22.8 Å². The molecular formula is C17H17Cl2NO. The second kappa shape index (κ2) is 9.31. The van der Waals surface area contributed by atoms with Gasteiger partial charge in [-0.3, -0.25) is 0 Å². The van der Waals surface area contributed by atoms with Gasteiger partial charge in [-0.25, -0.2) is 0 Å². The molecule has 4 heteroatoms. The van der Waals surface area contributed by atoms with Gasteiger partial charge in [-0.1, -0.05) is 47.9 Å². The van der Waals surface area contributed by atoms with Crippen LogP contribution < -0.4 is 10.1 Å². The highest BCUT2D eigenvalue weighted by atomic mass is 35.5. The van der Waals surface area contributed by atoms with Crippen LogP contribution in [0.3, 0.4) is 0 Å². The second-order valence-electron chi connectivity index (χ2n) is 4.34. The van der Waals surface area contributed by atoms with E-state index in [1.807, 2.05) is 48.5 Å². The number of hydrogen-bond donors (Lipinski definition) is 1. The van der Waals surface area contributed by atoms with Crippen LogP contribution in [0.4, 0.5) is 0 Å². The normalized spacial score (nSPS) is 9.52. The predicted molar refractivity (Wildman–Crippen MR) is 90.0 cm³/mol. The largest absolute Gasteiger partial charge is 0.489 e. The first-order chi connectivity index (χ1) is 9.79. The maximum Gasteiger partial charge on any atom is 0.120 e. The van der Waals surface area contributed by atoms with E-state index in [0.29, 0.717) is 13.2 Å². The lowest BCUT2D eigenvalue weighted by Crippen LogP contribution is -2.12. The Morgan fingerprint density at radius 1 is 1.14 bits per heavy atom. The molecule has 0 radical (unpaired) electrons. The molecule has 0 saturated heterocycles. The molecule has 0 aliphatic carbocycles. The lowest BCUT2D eigenvalue weighted by atomic mass is 10.2. The summed E-state index contributed by atoms with van der Waals surface area (Å²) in [6.45, 7) is 1.75. The Bertz CT molecular complexity index is 608. The maximum atomic E-state index is 6.10. The van der Waals surface area contributed by atoms with Crippen molar-refractivity contribution in [2.24, 2.45) is 0 Å². The van der Waals surface area contributed by atoms with Crippen LogP contribution >= 0.6 is 24.0 Å². The molecular weight excluding hydrogens is 305 g/mol. The number of rotatable bonds is 6. The standard InChI is InChI=1S/C17H16ClNO.ClH/c1-2-10-19-12-14-6-5-8-16(11-14)20-13-15-7-3-4-9-17(15)18;/h1,3-9,11,19H,10,12-13H2;1H. The number of terminal acetylenes is 1. The van der Waals surface area contributed by atoms with Gasteiger partial charge in [-0.15, -0.1) is 18.8 Å². The van der Waals surface area contributed by atoms with Gasteiger partial charge in [0.15, 0.2) is 0 Å². The second-order valence-corrected chi connectivity index (χ2v) is 4.74. The monoisotopic (exact) mass is 321 g/mol. The molecule has 0 aliphatic heterocycles. The summed E-state index contributed by atoms with van der Waals surface area (Å²) in [6.07, 6.45) is 5.20. The maximum absolute atomic E-state index is 6.10. The molecule has 0 saturated carbocycles. The van der Waals surface area contributed by atoms with E-state index in [2.05, 4.69) is 11.2 Å². The molecule has 0 atom stereocenters. The Morgan fingerprint density at radius 2 is 1.95 bits per heavy atom. The average Bonchev–Trinajstić information content (AvgIpc) is 2.47. The van der Waals surface area contributed by atoms with Crippen molar-refractivity contribution in [3.8, 4) is 18.1 Å². The van der Waals surface area contributed by atoms with E-state index in [1.54, 1.807) is 0 Å². The number of benzene rings is 2. The van der Waals surface area contributed by atoms with Gasteiger partial charge in [0.05, 0.1) is 6.54 Å². The van der Waals surface area contributed by atoms with E-state index in [1.165, 1.54) is 0 Å². The van der Waals surface area contributed by atoms with E-state index in [-0.39, 0.29) is 12.4 Å². The molecule has 2 nitrogen and oxygen atoms in total. The van der Waals surface area contributed by atoms with Crippen molar-refractivity contribution in [2.75, 3.05) is 6.54 Å². The first-order valence-electron chi connectivity index (χ1n) is 6.39. The first-order valence-corrected chi connectivity index (χ1v) is 6.76. The molecule has 0 heterocycles. The molecule has 0 amide bonds. The highest BCUT2D eigenvalue weighted by molar-refractivity contribution is 6.31. The fourth-order valence-electron chi connectivity index (χ4n) is 1.80. The van der Waals surface area contributed by atoms with Crippen molar-refractivity contribution in [2.45, 2.75) is 13.2 Å². The molecule has 110 valence electrons. The van der Waals surface area contributed by atoms with Crippen LogP contribution in [0, 0.1) is 12.3 Å². The predicted octanol–water partition coefficient (Wildman–Crippen LogP) is 4.06. The third-order valence-corrected chi connectivity index (χ3v) is 3.18. The highest BCUT2D eigenvalue weighted by Gasteiger charge is 2.01. The van der Waals surface area contributed by atoms with Crippen molar-refractivity contribution in [3.05, 3.63) is 64.7 Å². The molecule has 2 aromatic rings. The summed E-state index contributed by atoms with van der Waals surface area (Å²) >= 11 is 6.10. The molecule has 0 fully saturated rings. The Morgan fingerprint density at radius 3 is 2.71 bits per heavy atom. The number of nitrogens with one attached hydrogen (secondary N) is 1. The summed E-state index contributed by atoms with van der Waals surface area (Å²) in [6, 6.07) is 15.6. The topological polar surface area (TPSA) is 21.3 Å². The smallest absolute Gasteiger partial charge is 0.120 e. The van der Waals surface area contributed by atoms with Crippen LogP contribution in [0.15, 0.2) is 48.5 Å². The van der Waals surface area contributed by atoms with Crippen molar-refractivity contribution in [1.82, 2.24) is 5.32 Å². The zero-order valence-corrected chi connectivity index (χ0v) is 13.1. The molecule has 0 unspecified atom stereocenters. The van der Waals surface area contributed by atoms with Crippen LogP contribution in [0.25, 0.3) is 0 Å². The number of ether oxygens (including phenoxy) is 1. The first kappa shape index (κ1) is 17.4. The fourth-order valence-corrected chi connectivity index (χ4v) is 1.99. The molecule has 2 rings (SSSR count). The Labute approximate surface area is 136 Å². The van der Waals surface area contributed by atoms with Crippen molar-refractivity contribution < 1.29 is 4.74 Å². The van der Waals surface area contributed by atoms with Crippen LogP contribution in [-0.4, -0.2) is 6.54 Å². The van der Waals surface area contributed by atoms with Crippen LogP contribution in [-0.2, 0) is 13.2 Å². The zero-order valence-electron chi connectivity index (χ0n) is 11.5. The zero-order chi connectivity index (χ0) is 14.2. The van der Waals surface area contributed by atoms with E-state index >= 15 is 0 Å². The van der Waals surface area contributed by atoms with E-state index < -0.39 is 0 Å². The lowest BCUT2D eigenvalue weighted by Gasteiger charge is -2.09. The molecule has 0 aromatic heterocycles. The quantitative estimate of drug-likeness (QED) is 0.639. The third-order valence-electron chi connectivity index (χ3n) is 2.81. The van der Waals surface area contributed by atoms with Gasteiger partial charge in [0.2, 0.25) is 0 Å². The van der Waals surface area contributed by atoms with Gasteiger partial charge in [-0.2, -0.15) is 0 Å². The Kier molecular flexibility index (Phi) is 7.71. The average molecular weight is 322 g/mol. The SMILES string of the molecule is C#CCNCc1cccc(OCc2ccccc2Cl)c1.Cl. The Hall–Kier alpha value is -1.66. The summed E-state index contributed by atoms with van der Waals surface area (Å²) < 4.78 is 5.77. The number of halogens is 2. The van der Waals surface area contributed by atoms with Crippen LogP contribution in [0.2, 0.25) is 5.02 Å². The van der Waals surface area contributed by atoms with Crippen LogP contribution in [0.1, 0.15) is 11.1 Å². The minimum absolute atomic E-state index is 0. The summed E-state index contributed by atoms with van der Waals surface area (Å²) in [5.74, 6) is 3.37. The Balaban J connectivity index is 0.00000220. The molecule has 1 N–H and O–H groups in total. The summed E-state index contributed by atoms with van der Waals surface area (Å²) in [4.78, 5) is 0. The lowest BCUT2D eigenvalue weighted by molar-refractivity contribution is 0.306. The molecule has 0 spiro atoms. The summed E-state index contributed by atoms with van der Waals surface area (Å²) in [7, 11) is 0. The third kappa shape index (κ3) is 5.69. The van der Waals surface area contributed by atoms with Gasteiger partial charge in [-0.05, 0) is 23.8 Å². The van der Waals surface area contributed by atoms with Gasteiger partial charge < -0.3 is 10.1 Å². The minimum Gasteiger partial charge on any atom is -0.489 e. The molecule has 0 aliphatic rings. The van der Waals surface area contributed by atoms with Crippen molar-refractivity contribution in [1.29, 1.82) is 0 Å². The minimum atomic E-state index is 0. The fraction of sp³-hybridized carbons (Fsp3) is 0.176.